The smallest absolute Gasteiger partial charge is 0.318 e. The van der Waals surface area contributed by atoms with Gasteiger partial charge in [0.05, 0.1) is 5.69 Å². The number of halogens is 2. The molecule has 1 N–H and O–H groups in total. The first-order chi connectivity index (χ1) is 15.6. The van der Waals surface area contributed by atoms with Crippen LogP contribution in [0.3, 0.4) is 0 Å². The zero-order valence-corrected chi connectivity index (χ0v) is 21.7. The molecule has 1 saturated heterocycles. The first-order valence-electron chi connectivity index (χ1n) is 10.2. The van der Waals surface area contributed by atoms with Gasteiger partial charge in [-0.3, -0.25) is 14.9 Å². The lowest BCUT2D eigenvalue weighted by Crippen LogP contribution is -2.54. The highest BCUT2D eigenvalue weighted by Gasteiger charge is 2.37. The van der Waals surface area contributed by atoms with E-state index in [-0.39, 0.29) is 5.57 Å². The highest BCUT2D eigenvalue weighted by Crippen LogP contribution is 2.29. The van der Waals surface area contributed by atoms with Crippen LogP contribution in [0.5, 0.6) is 0 Å². The fourth-order valence-electron chi connectivity index (χ4n) is 3.91. The van der Waals surface area contributed by atoms with Crippen molar-refractivity contribution in [1.82, 2.24) is 9.88 Å². The summed E-state index contributed by atoms with van der Waals surface area (Å²) in [4.78, 5) is 39.4. The Morgan fingerprint density at radius 2 is 1.39 bits per heavy atom. The van der Waals surface area contributed by atoms with E-state index < -0.39 is 17.8 Å². The second-order valence-corrected chi connectivity index (χ2v) is 9.70. The van der Waals surface area contributed by atoms with Gasteiger partial charge < -0.3 is 4.57 Å². The molecule has 0 aliphatic carbocycles. The molecule has 1 fully saturated rings. The van der Waals surface area contributed by atoms with Crippen LogP contribution in [-0.2, 0) is 9.59 Å². The highest BCUT2D eigenvalue weighted by atomic mass is 79.9. The molecule has 1 aliphatic rings. The molecule has 33 heavy (non-hydrogen) atoms. The Morgan fingerprint density at radius 3 is 2.00 bits per heavy atom. The number of carbonyl (C=O) groups excluding carboxylic acids is 3. The number of benzene rings is 2. The highest BCUT2D eigenvalue weighted by molar-refractivity contribution is 9.10. The van der Waals surface area contributed by atoms with Crippen molar-refractivity contribution in [3.05, 3.63) is 85.1 Å². The predicted octanol–water partition coefficient (Wildman–Crippen LogP) is 5.90. The fraction of sp³-hybridized carbons (Fsp3) is 0.160. The molecule has 0 unspecified atom stereocenters. The molecule has 8 heteroatoms. The summed E-state index contributed by atoms with van der Waals surface area (Å²) >= 11 is 6.95. The lowest BCUT2D eigenvalue weighted by atomic mass is 10.1. The Bertz CT molecular complexity index is 1370. The molecular weight excluding hydrogens is 550 g/mol. The van der Waals surface area contributed by atoms with E-state index in [1.807, 2.05) is 45.9 Å². The topological polar surface area (TPSA) is 71.4 Å². The number of hydrogen-bond donors (Lipinski definition) is 1. The normalized spacial score (nSPS) is 15.4. The summed E-state index contributed by atoms with van der Waals surface area (Å²) in [6.07, 6.45) is 1.55. The van der Waals surface area contributed by atoms with Crippen molar-refractivity contribution in [3.63, 3.8) is 0 Å². The molecule has 0 spiro atoms. The van der Waals surface area contributed by atoms with Gasteiger partial charge in [-0.15, -0.1) is 0 Å². The van der Waals surface area contributed by atoms with E-state index in [9.17, 15) is 14.4 Å². The number of aromatic nitrogens is 1. The summed E-state index contributed by atoms with van der Waals surface area (Å²) in [7, 11) is 0. The van der Waals surface area contributed by atoms with Crippen LogP contribution in [0.25, 0.3) is 11.8 Å². The van der Waals surface area contributed by atoms with Gasteiger partial charge in [0.15, 0.2) is 0 Å². The van der Waals surface area contributed by atoms with E-state index in [1.165, 1.54) is 0 Å². The van der Waals surface area contributed by atoms with Gasteiger partial charge >= 0.3 is 6.03 Å². The number of imide groups is 2. The Morgan fingerprint density at radius 1 is 0.818 bits per heavy atom. The molecule has 4 rings (SSSR count). The summed E-state index contributed by atoms with van der Waals surface area (Å²) in [6.45, 7) is 7.78. The van der Waals surface area contributed by atoms with Crippen molar-refractivity contribution < 1.29 is 14.4 Å². The van der Waals surface area contributed by atoms with Crippen LogP contribution >= 0.6 is 31.9 Å². The van der Waals surface area contributed by atoms with E-state index in [1.54, 1.807) is 24.3 Å². The molecule has 0 saturated carbocycles. The van der Waals surface area contributed by atoms with E-state index >= 15 is 0 Å². The zero-order valence-electron chi connectivity index (χ0n) is 18.5. The van der Waals surface area contributed by atoms with Crippen molar-refractivity contribution in [1.29, 1.82) is 0 Å². The molecule has 1 aromatic heterocycles. The predicted molar refractivity (Wildman–Crippen MR) is 136 cm³/mol. The first kappa shape index (κ1) is 23.2. The molecule has 1 aliphatic heterocycles. The summed E-state index contributed by atoms with van der Waals surface area (Å²) in [5, 5.41) is 2.28. The second-order valence-electron chi connectivity index (χ2n) is 7.99. The van der Waals surface area contributed by atoms with Gasteiger partial charge in [-0.25, -0.2) is 9.69 Å². The third kappa shape index (κ3) is 4.20. The number of urea groups is 1. The minimum atomic E-state index is -0.764. The lowest BCUT2D eigenvalue weighted by molar-refractivity contribution is -0.122. The third-order valence-corrected chi connectivity index (χ3v) is 7.45. The van der Waals surface area contributed by atoms with Gasteiger partial charge in [0.1, 0.15) is 5.57 Å². The molecule has 0 radical (unpaired) electrons. The number of carbonyl (C=O) groups is 3. The van der Waals surface area contributed by atoms with Gasteiger partial charge in [-0.05, 0) is 92.9 Å². The zero-order chi connectivity index (χ0) is 24.0. The van der Waals surface area contributed by atoms with Crippen LogP contribution < -0.4 is 10.2 Å². The standard InChI is InChI=1S/C25H21Br2N3O3/c1-13-9-18(5-7-21(13)26)29-15(3)11-17(16(29)4)12-20-23(31)28-25(33)30(24(20)32)19-6-8-22(27)14(2)10-19/h5-12H,1-4H3,(H,28,31,33)/b20-12+. The van der Waals surface area contributed by atoms with Crippen molar-refractivity contribution in [3.8, 4) is 5.69 Å². The average molecular weight is 571 g/mol. The van der Waals surface area contributed by atoms with Gasteiger partial charge in [-0.2, -0.15) is 0 Å². The van der Waals surface area contributed by atoms with Gasteiger partial charge in [0.2, 0.25) is 0 Å². The molecule has 2 aromatic carbocycles. The first-order valence-corrected chi connectivity index (χ1v) is 11.8. The van der Waals surface area contributed by atoms with Gasteiger partial charge in [-0.1, -0.05) is 31.9 Å². The molecule has 168 valence electrons. The Labute approximate surface area is 208 Å². The van der Waals surface area contributed by atoms with Crippen LogP contribution in [-0.4, -0.2) is 22.4 Å². The number of amides is 4. The Kier molecular flexibility index (Phi) is 6.16. The average Bonchev–Trinajstić information content (AvgIpc) is 3.03. The van der Waals surface area contributed by atoms with Crippen LogP contribution in [0, 0.1) is 27.7 Å². The number of anilines is 1. The lowest BCUT2D eigenvalue weighted by Gasteiger charge is -2.26. The van der Waals surface area contributed by atoms with Crippen molar-refractivity contribution in [2.75, 3.05) is 4.90 Å². The number of barbiturate groups is 1. The van der Waals surface area contributed by atoms with E-state index in [0.29, 0.717) is 5.69 Å². The number of hydrogen-bond acceptors (Lipinski definition) is 3. The fourth-order valence-corrected chi connectivity index (χ4v) is 4.41. The number of nitrogens with one attached hydrogen (secondary N) is 1. The SMILES string of the molecule is Cc1cc(N2C(=O)NC(=O)/C(=C\c3cc(C)n(-c4ccc(Br)c(C)c4)c3C)C2=O)ccc1Br. The number of nitrogens with zero attached hydrogens (tertiary/aromatic N) is 2. The number of rotatable bonds is 3. The summed E-state index contributed by atoms with van der Waals surface area (Å²) in [5.74, 6) is -1.37. The largest absolute Gasteiger partial charge is 0.335 e. The van der Waals surface area contributed by atoms with Crippen LogP contribution in [0.2, 0.25) is 0 Å². The van der Waals surface area contributed by atoms with Gasteiger partial charge in [0.25, 0.3) is 11.8 Å². The van der Waals surface area contributed by atoms with Crippen LogP contribution in [0.15, 0.2) is 57.0 Å². The Balaban J connectivity index is 1.77. The maximum absolute atomic E-state index is 13.3. The molecule has 4 amide bonds. The van der Waals surface area contributed by atoms with Crippen molar-refractivity contribution in [2.45, 2.75) is 27.7 Å². The van der Waals surface area contributed by atoms with Gasteiger partial charge in [0, 0.05) is 26.0 Å². The van der Waals surface area contributed by atoms with E-state index in [0.717, 1.165) is 47.6 Å². The van der Waals surface area contributed by atoms with Crippen molar-refractivity contribution >= 4 is 61.5 Å². The molecule has 0 atom stereocenters. The molecule has 3 aromatic rings. The molecule has 6 nitrogen and oxygen atoms in total. The molecular formula is C25H21Br2N3O3. The quantitative estimate of drug-likeness (QED) is 0.315. The van der Waals surface area contributed by atoms with Crippen molar-refractivity contribution in [2.24, 2.45) is 0 Å². The third-order valence-electron chi connectivity index (χ3n) is 5.67. The maximum atomic E-state index is 13.3. The molecule has 0 bridgehead atoms. The van der Waals surface area contributed by atoms with Crippen LogP contribution in [0.4, 0.5) is 10.5 Å². The number of aryl methyl sites for hydroxylation is 3. The second kappa shape index (κ2) is 8.76. The molecule has 2 heterocycles. The maximum Gasteiger partial charge on any atom is 0.335 e. The minimum Gasteiger partial charge on any atom is -0.318 e. The monoisotopic (exact) mass is 569 g/mol. The summed E-state index contributed by atoms with van der Waals surface area (Å²) in [6, 6.07) is 12.4. The van der Waals surface area contributed by atoms with E-state index in [2.05, 4.69) is 47.8 Å². The van der Waals surface area contributed by atoms with Crippen LogP contribution in [0.1, 0.15) is 28.1 Å². The minimum absolute atomic E-state index is 0.0950. The summed E-state index contributed by atoms with van der Waals surface area (Å²) < 4.78 is 3.95. The van der Waals surface area contributed by atoms with E-state index in [4.69, 9.17) is 0 Å². The summed E-state index contributed by atoms with van der Waals surface area (Å²) in [5.41, 5.74) is 5.82. The Hall–Kier alpha value is -2.97.